The van der Waals surface area contributed by atoms with E-state index in [1.54, 1.807) is 12.3 Å². The number of ether oxygens (including phenoxy) is 4. The molecule has 2 aliphatic heterocycles. The molecule has 1 fully saturated rings. The summed E-state index contributed by atoms with van der Waals surface area (Å²) in [6.45, 7) is 8.07. The minimum atomic E-state index is -3.64. The summed E-state index contributed by atoms with van der Waals surface area (Å²) in [4.78, 5) is 6.70. The minimum absolute atomic E-state index is 0.0771. The van der Waals surface area contributed by atoms with Gasteiger partial charge in [-0.2, -0.15) is 0 Å². The molecule has 2 aliphatic rings. The van der Waals surface area contributed by atoms with Gasteiger partial charge in [0, 0.05) is 31.0 Å². The summed E-state index contributed by atoms with van der Waals surface area (Å²) < 4.78 is 49.7. The number of fused-ring (bicyclic) bond motifs is 1. The molecule has 38 heavy (non-hydrogen) atoms. The summed E-state index contributed by atoms with van der Waals surface area (Å²) in [5.74, 6) is 1.09. The lowest BCUT2D eigenvalue weighted by Gasteiger charge is -2.37. The topological polar surface area (TPSA) is 119 Å². The molecule has 0 amide bonds. The fraction of sp³-hybridized carbons (Fsp3) is 0.593. The normalized spacial score (nSPS) is 16.9. The first-order valence-corrected chi connectivity index (χ1v) is 14.6. The molecule has 0 atom stereocenters. The van der Waals surface area contributed by atoms with Gasteiger partial charge in [0.1, 0.15) is 18.0 Å². The van der Waals surface area contributed by atoms with Crippen LogP contribution in [0.4, 0.5) is 5.69 Å². The van der Waals surface area contributed by atoms with Gasteiger partial charge in [0.25, 0.3) is 0 Å². The number of piperidine rings is 1. The van der Waals surface area contributed by atoms with E-state index in [1.165, 1.54) is 14.2 Å². The molecule has 210 valence electrons. The second-order valence-electron chi connectivity index (χ2n) is 10.4. The molecule has 0 saturated carbocycles. The maximum absolute atomic E-state index is 12.5. The number of aliphatic hydroxyl groups is 1. The highest BCUT2D eigenvalue weighted by Crippen LogP contribution is 2.37. The second-order valence-corrected chi connectivity index (χ2v) is 12.3. The molecule has 0 unspecified atom stereocenters. The number of sulfonamides is 1. The van der Waals surface area contributed by atoms with E-state index in [-0.39, 0.29) is 23.9 Å². The maximum Gasteiger partial charge on any atom is 0.238 e. The molecule has 0 bridgehead atoms. The standard InChI is InChI=1S/C27H39N3O7S/c1-27(2,31)22-5-7-30(8-6-22)9-10-37-25-15-19(13-21-17-36-18-23(21)25)20-14-24(26(35-4)28-16-20)29-38(32,33)12-11-34-3/h13-16,22,29,31H,5-12,17-18H2,1-4H3. The first kappa shape index (κ1) is 28.6. The van der Waals surface area contributed by atoms with Crippen molar-refractivity contribution >= 4 is 15.7 Å². The summed E-state index contributed by atoms with van der Waals surface area (Å²) in [6, 6.07) is 5.70. The summed E-state index contributed by atoms with van der Waals surface area (Å²) in [5.41, 5.74) is 3.28. The van der Waals surface area contributed by atoms with Crippen molar-refractivity contribution in [3.63, 3.8) is 0 Å². The van der Waals surface area contributed by atoms with Crippen LogP contribution in [0.3, 0.4) is 0 Å². The number of nitrogens with zero attached hydrogens (tertiary/aromatic N) is 2. The van der Waals surface area contributed by atoms with Gasteiger partial charge >= 0.3 is 0 Å². The molecule has 1 aromatic carbocycles. The molecular formula is C27H39N3O7S. The Morgan fingerprint density at radius 1 is 1.13 bits per heavy atom. The van der Waals surface area contributed by atoms with Gasteiger partial charge in [-0.3, -0.25) is 9.62 Å². The van der Waals surface area contributed by atoms with Gasteiger partial charge in [-0.25, -0.2) is 13.4 Å². The molecule has 4 rings (SSSR count). The van der Waals surface area contributed by atoms with E-state index in [4.69, 9.17) is 18.9 Å². The molecular weight excluding hydrogens is 510 g/mol. The average molecular weight is 550 g/mol. The van der Waals surface area contributed by atoms with Crippen LogP contribution in [-0.4, -0.2) is 81.8 Å². The molecule has 1 aromatic heterocycles. The van der Waals surface area contributed by atoms with E-state index in [2.05, 4.69) is 14.6 Å². The summed E-state index contributed by atoms with van der Waals surface area (Å²) >= 11 is 0. The predicted molar refractivity (Wildman–Crippen MR) is 145 cm³/mol. The van der Waals surface area contributed by atoms with Crippen molar-refractivity contribution in [3.8, 4) is 22.8 Å². The third kappa shape index (κ3) is 7.15. The van der Waals surface area contributed by atoms with E-state index in [1.807, 2.05) is 26.0 Å². The van der Waals surface area contributed by atoms with Crippen LogP contribution < -0.4 is 14.2 Å². The number of pyridine rings is 1. The van der Waals surface area contributed by atoms with Crippen LogP contribution in [0.25, 0.3) is 11.1 Å². The van der Waals surface area contributed by atoms with Gasteiger partial charge in [-0.15, -0.1) is 0 Å². The third-order valence-electron chi connectivity index (χ3n) is 7.26. The first-order valence-electron chi connectivity index (χ1n) is 12.9. The Labute approximate surface area is 225 Å². The van der Waals surface area contributed by atoms with Gasteiger partial charge in [0.05, 0.1) is 38.3 Å². The van der Waals surface area contributed by atoms with E-state index < -0.39 is 15.6 Å². The predicted octanol–water partition coefficient (Wildman–Crippen LogP) is 3.04. The van der Waals surface area contributed by atoms with Crippen LogP contribution in [0.2, 0.25) is 0 Å². The maximum atomic E-state index is 12.5. The molecule has 11 heteroatoms. The number of hydrogen-bond acceptors (Lipinski definition) is 9. The van der Waals surface area contributed by atoms with Crippen LogP contribution in [0.15, 0.2) is 24.4 Å². The Kier molecular flexibility index (Phi) is 9.15. The fourth-order valence-corrected chi connectivity index (χ4v) is 5.93. The second kappa shape index (κ2) is 12.2. The number of anilines is 1. The van der Waals surface area contributed by atoms with Crippen LogP contribution in [-0.2, 0) is 32.7 Å². The van der Waals surface area contributed by atoms with Gasteiger partial charge in [0.2, 0.25) is 15.9 Å². The van der Waals surface area contributed by atoms with Crippen molar-refractivity contribution in [1.82, 2.24) is 9.88 Å². The smallest absolute Gasteiger partial charge is 0.238 e. The summed E-state index contributed by atoms with van der Waals surface area (Å²) in [6.07, 6.45) is 3.61. The zero-order chi connectivity index (χ0) is 27.3. The van der Waals surface area contributed by atoms with E-state index in [9.17, 15) is 13.5 Å². The van der Waals surface area contributed by atoms with Gasteiger partial charge in [-0.1, -0.05) is 0 Å². The third-order valence-corrected chi connectivity index (χ3v) is 8.49. The first-order chi connectivity index (χ1) is 18.1. The van der Waals surface area contributed by atoms with E-state index >= 15 is 0 Å². The highest BCUT2D eigenvalue weighted by atomic mass is 32.2. The van der Waals surface area contributed by atoms with Gasteiger partial charge in [-0.05, 0) is 75.0 Å². The van der Waals surface area contributed by atoms with Crippen molar-refractivity contribution in [1.29, 1.82) is 0 Å². The summed E-state index contributed by atoms with van der Waals surface area (Å²) in [7, 11) is -0.740. The molecule has 0 spiro atoms. The largest absolute Gasteiger partial charge is 0.492 e. The number of benzene rings is 1. The molecule has 10 nitrogen and oxygen atoms in total. The number of likely N-dealkylation sites (tertiary alicyclic amines) is 1. The molecule has 2 aromatic rings. The lowest BCUT2D eigenvalue weighted by Crippen LogP contribution is -2.43. The van der Waals surface area contributed by atoms with Crippen LogP contribution in [0.5, 0.6) is 11.6 Å². The number of rotatable bonds is 12. The van der Waals surface area contributed by atoms with Gasteiger partial charge in [0.15, 0.2) is 0 Å². The fourth-order valence-electron chi connectivity index (χ4n) is 4.96. The van der Waals surface area contributed by atoms with Crippen molar-refractivity contribution in [2.45, 2.75) is 45.5 Å². The van der Waals surface area contributed by atoms with Crippen molar-refractivity contribution in [2.75, 3.05) is 57.5 Å². The zero-order valence-electron chi connectivity index (χ0n) is 22.7. The Bertz CT molecular complexity index is 1210. The molecule has 2 N–H and O–H groups in total. The summed E-state index contributed by atoms with van der Waals surface area (Å²) in [5, 5.41) is 10.3. The quantitative estimate of drug-likeness (QED) is 0.412. The lowest BCUT2D eigenvalue weighted by atomic mass is 9.83. The Hall–Kier alpha value is -2.44. The van der Waals surface area contributed by atoms with Crippen LogP contribution in [0.1, 0.15) is 37.8 Å². The van der Waals surface area contributed by atoms with Crippen LogP contribution >= 0.6 is 0 Å². The van der Waals surface area contributed by atoms with Crippen molar-refractivity contribution in [3.05, 3.63) is 35.5 Å². The number of methoxy groups -OCH3 is 2. The van der Waals surface area contributed by atoms with E-state index in [0.717, 1.165) is 60.5 Å². The molecule has 0 radical (unpaired) electrons. The highest BCUT2D eigenvalue weighted by Gasteiger charge is 2.30. The molecule has 1 saturated heterocycles. The van der Waals surface area contributed by atoms with Gasteiger partial charge < -0.3 is 24.1 Å². The molecule has 3 heterocycles. The highest BCUT2D eigenvalue weighted by molar-refractivity contribution is 7.92. The number of aromatic nitrogens is 1. The SMILES string of the molecule is COCCS(=O)(=O)Nc1cc(-c2cc3c(c(OCCN4CCC(C(C)(C)O)CC4)c2)COC3)cnc1OC. The molecule has 0 aliphatic carbocycles. The Morgan fingerprint density at radius 2 is 1.89 bits per heavy atom. The monoisotopic (exact) mass is 549 g/mol. The Morgan fingerprint density at radius 3 is 2.58 bits per heavy atom. The van der Waals surface area contributed by atoms with Crippen molar-refractivity contribution < 1.29 is 32.5 Å². The van der Waals surface area contributed by atoms with Crippen molar-refractivity contribution in [2.24, 2.45) is 5.92 Å². The number of nitrogens with one attached hydrogen (secondary N) is 1. The Balaban J connectivity index is 1.48. The zero-order valence-corrected chi connectivity index (χ0v) is 23.5. The van der Waals surface area contributed by atoms with Crippen LogP contribution in [0, 0.1) is 5.92 Å². The average Bonchev–Trinajstić information content (AvgIpc) is 3.36. The minimum Gasteiger partial charge on any atom is -0.492 e. The van der Waals surface area contributed by atoms with E-state index in [0.29, 0.717) is 25.7 Å². The number of hydrogen-bond donors (Lipinski definition) is 2. The lowest BCUT2D eigenvalue weighted by molar-refractivity contribution is -0.0137.